The highest BCUT2D eigenvalue weighted by atomic mass is 15.1. The first-order valence-corrected chi connectivity index (χ1v) is 6.21. The topological polar surface area (TPSA) is 43.8 Å². The van der Waals surface area contributed by atoms with Crippen LogP contribution in [0.1, 0.15) is 27.9 Å². The van der Waals surface area contributed by atoms with Crippen LogP contribution in [0.5, 0.6) is 0 Å². The van der Waals surface area contributed by atoms with Gasteiger partial charge in [0.15, 0.2) is 0 Å². The van der Waals surface area contributed by atoms with Crippen molar-refractivity contribution in [1.82, 2.24) is 9.55 Å². The van der Waals surface area contributed by atoms with Crippen LogP contribution in [-0.2, 0) is 7.05 Å². The lowest BCUT2D eigenvalue weighted by atomic mass is 9.92. The fourth-order valence-corrected chi connectivity index (χ4v) is 2.41. The van der Waals surface area contributed by atoms with Crippen LogP contribution in [0.25, 0.3) is 11.3 Å². The molecule has 96 valence electrons. The van der Waals surface area contributed by atoms with E-state index < -0.39 is 0 Å². The second kappa shape index (κ2) is 4.16. The third-order valence-corrected chi connectivity index (χ3v) is 4.02. The fourth-order valence-electron chi connectivity index (χ4n) is 2.41. The largest absolute Gasteiger partial charge is 0.369 e. The Hall–Kier alpha value is -1.77. The molecule has 1 aromatic heterocycles. The standard InChI is InChI=1S/C15H21N3/c1-8-7-9(2)11(4)13(10(8)3)14-12(5)18(6)15(16)17-14/h7H,1-6H3,(H2,16,17). The van der Waals surface area contributed by atoms with E-state index in [1.165, 1.54) is 27.8 Å². The first-order valence-electron chi connectivity index (χ1n) is 6.21. The predicted molar refractivity (Wildman–Crippen MR) is 76.7 cm³/mol. The van der Waals surface area contributed by atoms with Crippen molar-refractivity contribution in [1.29, 1.82) is 0 Å². The van der Waals surface area contributed by atoms with Crippen LogP contribution in [-0.4, -0.2) is 9.55 Å². The van der Waals surface area contributed by atoms with Crippen LogP contribution in [0.3, 0.4) is 0 Å². The van der Waals surface area contributed by atoms with E-state index >= 15 is 0 Å². The maximum absolute atomic E-state index is 5.91. The summed E-state index contributed by atoms with van der Waals surface area (Å²) in [6, 6.07) is 2.23. The minimum absolute atomic E-state index is 0.570. The molecule has 0 unspecified atom stereocenters. The van der Waals surface area contributed by atoms with E-state index in [0.717, 1.165) is 11.4 Å². The Morgan fingerprint density at radius 2 is 1.50 bits per heavy atom. The molecular weight excluding hydrogens is 222 g/mol. The third kappa shape index (κ3) is 1.70. The first kappa shape index (κ1) is 12.7. The van der Waals surface area contributed by atoms with Crippen molar-refractivity contribution in [2.24, 2.45) is 7.05 Å². The van der Waals surface area contributed by atoms with E-state index in [1.807, 2.05) is 11.6 Å². The van der Waals surface area contributed by atoms with Crippen molar-refractivity contribution in [2.75, 3.05) is 5.73 Å². The molecule has 0 aliphatic heterocycles. The van der Waals surface area contributed by atoms with E-state index in [9.17, 15) is 0 Å². The van der Waals surface area contributed by atoms with Crippen LogP contribution in [0.15, 0.2) is 6.07 Å². The maximum Gasteiger partial charge on any atom is 0.200 e. The molecule has 0 amide bonds. The Labute approximate surface area is 109 Å². The van der Waals surface area contributed by atoms with Gasteiger partial charge in [-0.05, 0) is 56.9 Å². The molecule has 2 rings (SSSR count). The molecule has 0 aliphatic carbocycles. The third-order valence-electron chi connectivity index (χ3n) is 4.02. The van der Waals surface area contributed by atoms with E-state index in [-0.39, 0.29) is 0 Å². The minimum Gasteiger partial charge on any atom is -0.369 e. The normalized spacial score (nSPS) is 11.0. The first-order chi connectivity index (χ1) is 8.34. The zero-order valence-electron chi connectivity index (χ0n) is 12.0. The van der Waals surface area contributed by atoms with E-state index in [0.29, 0.717) is 5.95 Å². The summed E-state index contributed by atoms with van der Waals surface area (Å²) in [6.07, 6.45) is 0. The molecule has 0 saturated heterocycles. The van der Waals surface area contributed by atoms with Crippen molar-refractivity contribution in [3.8, 4) is 11.3 Å². The van der Waals surface area contributed by atoms with Crippen molar-refractivity contribution in [3.05, 3.63) is 34.0 Å². The molecule has 18 heavy (non-hydrogen) atoms. The smallest absolute Gasteiger partial charge is 0.200 e. The number of nitrogens with zero attached hydrogens (tertiary/aromatic N) is 2. The molecule has 1 heterocycles. The van der Waals surface area contributed by atoms with Crippen LogP contribution in [0.2, 0.25) is 0 Å². The number of hydrogen-bond donors (Lipinski definition) is 1. The quantitative estimate of drug-likeness (QED) is 0.835. The molecule has 0 bridgehead atoms. The molecular formula is C15H21N3. The number of nitrogen functional groups attached to an aromatic ring is 1. The number of nitrogens with two attached hydrogens (primary N) is 1. The average molecular weight is 243 g/mol. The Balaban J connectivity index is 2.82. The van der Waals surface area contributed by atoms with Crippen LogP contribution in [0.4, 0.5) is 5.95 Å². The van der Waals surface area contributed by atoms with Crippen molar-refractivity contribution < 1.29 is 0 Å². The number of benzene rings is 1. The summed E-state index contributed by atoms with van der Waals surface area (Å²) in [7, 11) is 1.95. The highest BCUT2D eigenvalue weighted by Crippen LogP contribution is 2.33. The van der Waals surface area contributed by atoms with Gasteiger partial charge in [-0.25, -0.2) is 4.98 Å². The second-order valence-corrected chi connectivity index (χ2v) is 5.10. The molecule has 3 nitrogen and oxygen atoms in total. The zero-order chi connectivity index (χ0) is 13.6. The maximum atomic E-state index is 5.91. The SMILES string of the molecule is Cc1cc(C)c(C)c(-c2nc(N)n(C)c2C)c1C. The van der Waals surface area contributed by atoms with Gasteiger partial charge < -0.3 is 10.3 Å². The molecule has 3 heteroatoms. The molecule has 2 aromatic rings. The van der Waals surface area contributed by atoms with Crippen molar-refractivity contribution in [2.45, 2.75) is 34.6 Å². The summed E-state index contributed by atoms with van der Waals surface area (Å²) >= 11 is 0. The Morgan fingerprint density at radius 1 is 1.00 bits per heavy atom. The van der Waals surface area contributed by atoms with Gasteiger partial charge in [-0.1, -0.05) is 6.07 Å². The predicted octanol–water partition coefficient (Wildman–Crippen LogP) is 3.21. The number of rotatable bonds is 1. The molecule has 2 N–H and O–H groups in total. The number of imidazole rings is 1. The van der Waals surface area contributed by atoms with Gasteiger partial charge in [-0.3, -0.25) is 0 Å². The number of hydrogen-bond acceptors (Lipinski definition) is 2. The summed E-state index contributed by atoms with van der Waals surface area (Å²) in [5.41, 5.74) is 14.5. The fraction of sp³-hybridized carbons (Fsp3) is 0.400. The monoisotopic (exact) mass is 243 g/mol. The zero-order valence-corrected chi connectivity index (χ0v) is 12.0. The number of aryl methyl sites for hydroxylation is 2. The average Bonchev–Trinajstić information content (AvgIpc) is 2.55. The molecule has 0 spiro atoms. The summed E-state index contributed by atoms with van der Waals surface area (Å²) in [6.45, 7) is 10.7. The van der Waals surface area contributed by atoms with Gasteiger partial charge in [0.1, 0.15) is 0 Å². The van der Waals surface area contributed by atoms with Crippen molar-refractivity contribution >= 4 is 5.95 Å². The van der Waals surface area contributed by atoms with Gasteiger partial charge in [0, 0.05) is 18.3 Å². The van der Waals surface area contributed by atoms with E-state index in [2.05, 4.69) is 45.7 Å². The van der Waals surface area contributed by atoms with Gasteiger partial charge in [0.25, 0.3) is 0 Å². The Morgan fingerprint density at radius 3 is 1.89 bits per heavy atom. The van der Waals surface area contributed by atoms with Gasteiger partial charge >= 0.3 is 0 Å². The minimum atomic E-state index is 0.570. The molecule has 0 saturated carbocycles. The molecule has 1 aromatic carbocycles. The van der Waals surface area contributed by atoms with Gasteiger partial charge in [-0.2, -0.15) is 0 Å². The molecule has 0 radical (unpaired) electrons. The molecule has 0 aliphatic rings. The molecule has 0 atom stereocenters. The van der Waals surface area contributed by atoms with Gasteiger partial charge in [0.05, 0.1) is 5.69 Å². The lowest BCUT2D eigenvalue weighted by Crippen LogP contribution is -1.98. The summed E-state index contributed by atoms with van der Waals surface area (Å²) in [5.74, 6) is 0.570. The highest BCUT2D eigenvalue weighted by Gasteiger charge is 2.17. The summed E-state index contributed by atoms with van der Waals surface area (Å²) in [5, 5.41) is 0. The van der Waals surface area contributed by atoms with Gasteiger partial charge in [0.2, 0.25) is 5.95 Å². The summed E-state index contributed by atoms with van der Waals surface area (Å²) in [4.78, 5) is 4.52. The van der Waals surface area contributed by atoms with Crippen molar-refractivity contribution in [3.63, 3.8) is 0 Å². The van der Waals surface area contributed by atoms with E-state index in [1.54, 1.807) is 0 Å². The number of aromatic nitrogens is 2. The summed E-state index contributed by atoms with van der Waals surface area (Å²) < 4.78 is 1.94. The Bertz CT molecular complexity index is 595. The van der Waals surface area contributed by atoms with Gasteiger partial charge in [-0.15, -0.1) is 0 Å². The highest BCUT2D eigenvalue weighted by molar-refractivity contribution is 5.73. The van der Waals surface area contributed by atoms with Crippen LogP contribution < -0.4 is 5.73 Å². The number of anilines is 1. The lowest BCUT2D eigenvalue weighted by molar-refractivity contribution is 0.889. The second-order valence-electron chi connectivity index (χ2n) is 5.10. The van der Waals surface area contributed by atoms with E-state index in [4.69, 9.17) is 5.73 Å². The Kier molecular flexibility index (Phi) is 2.93. The van der Waals surface area contributed by atoms with Crippen LogP contribution >= 0.6 is 0 Å². The lowest BCUT2D eigenvalue weighted by Gasteiger charge is -2.14. The van der Waals surface area contributed by atoms with Crippen LogP contribution in [0, 0.1) is 34.6 Å². The molecule has 0 fully saturated rings.